The molecule has 0 aromatic heterocycles. The van der Waals surface area contributed by atoms with Gasteiger partial charge in [0.05, 0.1) is 4.90 Å². The molecule has 0 saturated carbocycles. The summed E-state index contributed by atoms with van der Waals surface area (Å²) in [5.74, 6) is -0.413. The first kappa shape index (κ1) is 20.6. The van der Waals surface area contributed by atoms with Crippen LogP contribution in [0.3, 0.4) is 0 Å². The normalized spacial score (nSPS) is 10.6. The fourth-order valence-corrected chi connectivity index (χ4v) is 2.32. The molecule has 1 aromatic carbocycles. The van der Waals surface area contributed by atoms with Crippen molar-refractivity contribution in [3.63, 3.8) is 0 Å². The van der Waals surface area contributed by atoms with Crippen LogP contribution in [-0.4, -0.2) is 24.0 Å². The van der Waals surface area contributed by atoms with Gasteiger partial charge in [-0.1, -0.05) is 63.6 Å². The van der Waals surface area contributed by atoms with Gasteiger partial charge in [-0.05, 0) is 18.6 Å². The molecule has 0 aliphatic carbocycles. The summed E-state index contributed by atoms with van der Waals surface area (Å²) in [7, 11) is -4.25. The van der Waals surface area contributed by atoms with Gasteiger partial charge in [0.15, 0.2) is 0 Å². The molecule has 126 valence electrons. The van der Waals surface area contributed by atoms with Crippen LogP contribution in [0.1, 0.15) is 58.3 Å². The van der Waals surface area contributed by atoms with Gasteiger partial charge in [-0.15, -0.1) is 0 Å². The zero-order valence-electron chi connectivity index (χ0n) is 13.1. The van der Waals surface area contributed by atoms with Crippen LogP contribution in [-0.2, 0) is 14.9 Å². The number of benzene rings is 1. The zero-order valence-corrected chi connectivity index (χ0v) is 13.9. The lowest BCUT2D eigenvalue weighted by atomic mass is 10.1. The van der Waals surface area contributed by atoms with E-state index in [9.17, 15) is 17.8 Å². The summed E-state index contributed by atoms with van der Waals surface area (Å²) in [6.45, 7) is 2.21. The number of carbonyl (C=O) groups is 1. The molecule has 0 aliphatic heterocycles. The minimum atomic E-state index is -4.25. The summed E-state index contributed by atoms with van der Waals surface area (Å²) in [6, 6.07) is 7.19. The van der Waals surface area contributed by atoms with Gasteiger partial charge >= 0.3 is 5.97 Å². The molecule has 0 spiro atoms. The van der Waals surface area contributed by atoms with E-state index in [1.54, 1.807) is 6.07 Å². The smallest absolute Gasteiger partial charge is 0.515 e. The number of unbranched alkanes of at least 4 members (excludes halogenated alkanes) is 6. The van der Waals surface area contributed by atoms with Gasteiger partial charge in [0.2, 0.25) is 0 Å². The van der Waals surface area contributed by atoms with E-state index in [4.69, 9.17) is 5.11 Å². The lowest BCUT2D eigenvalue weighted by Crippen LogP contribution is -1.96. The van der Waals surface area contributed by atoms with E-state index >= 15 is 0 Å². The Bertz CT molecular complexity index is 497. The van der Waals surface area contributed by atoms with Crippen LogP contribution in [0, 0.1) is 0 Å². The van der Waals surface area contributed by atoms with Crippen molar-refractivity contribution in [2.24, 2.45) is 0 Å². The van der Waals surface area contributed by atoms with Gasteiger partial charge in [0.1, 0.15) is 16.5 Å². The highest BCUT2D eigenvalue weighted by Gasteiger charge is 2.03. The Hall–Kier alpha value is -1.40. The first-order valence-corrected chi connectivity index (χ1v) is 9.04. The minimum absolute atomic E-state index is 0.185. The summed E-state index contributed by atoms with van der Waals surface area (Å²) in [5, 5.41) is 6.69. The van der Waals surface area contributed by atoms with Crippen molar-refractivity contribution < 1.29 is 22.9 Å². The first-order valence-electron chi connectivity index (χ1n) is 7.63. The Kier molecular flexibility index (Phi) is 11.4. The van der Waals surface area contributed by atoms with Gasteiger partial charge in [0, 0.05) is 4.79 Å². The van der Waals surface area contributed by atoms with E-state index in [-0.39, 0.29) is 4.90 Å². The predicted molar refractivity (Wildman–Crippen MR) is 85.6 cm³/mol. The fraction of sp³-hybridized carbons (Fsp3) is 0.562. The highest BCUT2D eigenvalue weighted by atomic mass is 32.2. The molecular formula is C16H26O5S. The van der Waals surface area contributed by atoms with Crippen LogP contribution < -0.4 is 0 Å². The quantitative estimate of drug-likeness (QED) is 0.395. The largest absolute Gasteiger partial charge is 0.744 e. The molecule has 0 amide bonds. The van der Waals surface area contributed by atoms with E-state index in [0.29, 0.717) is 6.42 Å². The Labute approximate surface area is 133 Å². The standard InChI is InChI=1S/C10H20O2.C6H6O3S/c1-2-3-4-5-6-7-8-9-10(11)12;7-10(8,9)6-4-2-1-3-5-6/h2-9H2,1H3,(H,11,12);1-5H,(H,7,8,9). The number of rotatable bonds is 9. The van der Waals surface area contributed by atoms with Gasteiger partial charge < -0.3 is 9.66 Å². The highest BCUT2D eigenvalue weighted by Crippen LogP contribution is 2.08. The summed E-state index contributed by atoms with van der Waals surface area (Å²) in [5.41, 5.74) is 0. The van der Waals surface area contributed by atoms with Crippen molar-refractivity contribution in [3.8, 4) is 0 Å². The number of hydrogen-bond acceptors (Lipinski definition) is 4. The molecule has 0 unspecified atom stereocenters. The van der Waals surface area contributed by atoms with E-state index in [2.05, 4.69) is 6.92 Å². The van der Waals surface area contributed by atoms with Crippen LogP contribution in [0.5, 0.6) is 0 Å². The second-order valence-corrected chi connectivity index (χ2v) is 6.44. The van der Waals surface area contributed by atoms with Crippen LogP contribution in [0.2, 0.25) is 0 Å². The van der Waals surface area contributed by atoms with Crippen molar-refractivity contribution in [1.29, 1.82) is 0 Å². The van der Waals surface area contributed by atoms with Crippen LogP contribution >= 0.6 is 0 Å². The molecule has 2 N–H and O–H groups in total. The summed E-state index contributed by atoms with van der Waals surface area (Å²) in [4.78, 5) is 10.1. The molecule has 5 nitrogen and oxygen atoms in total. The lowest BCUT2D eigenvalue weighted by Gasteiger charge is -2.04. The maximum atomic E-state index is 10.3. The van der Waals surface area contributed by atoms with Crippen LogP contribution in [0.4, 0.5) is 0 Å². The Morgan fingerprint density at radius 3 is 1.91 bits per heavy atom. The van der Waals surface area contributed by atoms with Gasteiger partial charge in [-0.25, -0.2) is 8.42 Å². The highest BCUT2D eigenvalue weighted by molar-refractivity contribution is 7.85. The van der Waals surface area contributed by atoms with Crippen molar-refractivity contribution in [3.05, 3.63) is 30.3 Å². The molecule has 6 heteroatoms. The predicted octanol–water partition coefficient (Wildman–Crippen LogP) is 2.97. The molecule has 0 atom stereocenters. The first-order chi connectivity index (χ1) is 10.4. The van der Waals surface area contributed by atoms with Gasteiger partial charge in [0.25, 0.3) is 0 Å². The number of carbonyl (C=O) groups excluding carboxylic acids is 1. The van der Waals surface area contributed by atoms with E-state index < -0.39 is 16.1 Å². The average Bonchev–Trinajstić information content (AvgIpc) is 2.47. The Morgan fingerprint density at radius 2 is 1.50 bits per heavy atom. The molecule has 0 radical (unpaired) electrons. The third-order valence-corrected chi connectivity index (χ3v) is 3.89. The van der Waals surface area contributed by atoms with E-state index in [1.165, 1.54) is 56.4 Å². The Morgan fingerprint density at radius 1 is 1.00 bits per heavy atom. The van der Waals surface area contributed by atoms with Crippen molar-refractivity contribution in [1.82, 2.24) is 0 Å². The topological polar surface area (TPSA) is 97.2 Å². The summed E-state index contributed by atoms with van der Waals surface area (Å²) >= 11 is 0. The van der Waals surface area contributed by atoms with Crippen molar-refractivity contribution in [2.75, 3.05) is 0 Å². The summed E-state index contributed by atoms with van der Waals surface area (Å²) < 4.78 is 30.8. The lowest BCUT2D eigenvalue weighted by molar-refractivity contribution is -0.137. The molecule has 22 heavy (non-hydrogen) atoms. The average molecular weight is 330 g/mol. The molecule has 1 aromatic rings. The van der Waals surface area contributed by atoms with Gasteiger partial charge in [-0.2, -0.15) is 0 Å². The summed E-state index contributed by atoms with van der Waals surface area (Å²) in [6.07, 6.45) is 8.94. The maximum Gasteiger partial charge on any atom is 0.515 e. The molecule has 1 rings (SSSR count). The molecule has 0 aliphatic rings. The molecular weight excluding hydrogens is 304 g/mol. The second kappa shape index (κ2) is 12.2. The van der Waals surface area contributed by atoms with Gasteiger partial charge in [-0.3, -0.25) is 0 Å². The van der Waals surface area contributed by atoms with Crippen LogP contribution in [0.15, 0.2) is 35.2 Å². The SMILES string of the molecule is CCCCCCCCCC(=O)[OH2+].O=S(=O)([O-])c1ccccc1. The zero-order chi connectivity index (χ0) is 16.8. The molecule has 0 fully saturated rings. The van der Waals surface area contributed by atoms with Crippen molar-refractivity contribution >= 4 is 16.1 Å². The fourth-order valence-electron chi connectivity index (χ4n) is 1.83. The van der Waals surface area contributed by atoms with E-state index in [1.807, 2.05) is 0 Å². The number of hydrogen-bond donors (Lipinski definition) is 0. The monoisotopic (exact) mass is 330 g/mol. The van der Waals surface area contributed by atoms with Crippen LogP contribution in [0.25, 0.3) is 0 Å². The minimum Gasteiger partial charge on any atom is -0.744 e. The third-order valence-electron chi connectivity index (χ3n) is 3.04. The third kappa shape index (κ3) is 12.3. The molecule has 0 heterocycles. The van der Waals surface area contributed by atoms with E-state index in [0.717, 1.165) is 12.8 Å². The molecule has 0 bridgehead atoms. The van der Waals surface area contributed by atoms with Crippen molar-refractivity contribution in [2.45, 2.75) is 63.2 Å². The molecule has 0 saturated heterocycles. The Balaban J connectivity index is 0.000000406. The second-order valence-electron chi connectivity index (χ2n) is 5.06. The maximum absolute atomic E-state index is 10.3.